The van der Waals surface area contributed by atoms with Crippen molar-refractivity contribution in [3.05, 3.63) is 12.2 Å². The molecule has 0 aromatic carbocycles. The predicted octanol–water partition coefficient (Wildman–Crippen LogP) is -0.606. The van der Waals surface area contributed by atoms with Gasteiger partial charge in [0.2, 0.25) is 0 Å². The van der Waals surface area contributed by atoms with Crippen LogP contribution in [0.15, 0.2) is 12.2 Å². The topological polar surface area (TPSA) is 55.8 Å². The van der Waals surface area contributed by atoms with Crippen LogP contribution < -0.4 is 0 Å². The highest BCUT2D eigenvalue weighted by atomic mass is 28.2. The van der Waals surface area contributed by atoms with Gasteiger partial charge in [0.25, 0.3) is 11.8 Å². The second-order valence-electron chi connectivity index (χ2n) is 3.29. The molecule has 2 amide bonds. The van der Waals surface area contributed by atoms with Gasteiger partial charge in [-0.05, 0) is 13.8 Å². The maximum Gasteiger partial charge on any atom is 0.253 e. The Kier molecular flexibility index (Phi) is 5.37. The molecule has 6 heteroatoms. The van der Waals surface area contributed by atoms with Gasteiger partial charge >= 0.3 is 0 Å². The maximum atomic E-state index is 11.3. The molecule has 0 radical (unpaired) electrons. The highest BCUT2D eigenvalue weighted by Gasteiger charge is 2.24. The molecule has 0 saturated heterocycles. The van der Waals surface area contributed by atoms with Gasteiger partial charge in [0.15, 0.2) is 0 Å². The minimum atomic E-state index is -0.790. The number of amides is 2. The van der Waals surface area contributed by atoms with Crippen LogP contribution in [0.4, 0.5) is 0 Å². The molecular formula is C10H17NO4Si. The van der Waals surface area contributed by atoms with Crippen LogP contribution in [0.2, 0.25) is 0 Å². The van der Waals surface area contributed by atoms with Crippen LogP contribution in [-0.2, 0) is 19.1 Å². The van der Waals surface area contributed by atoms with Crippen LogP contribution in [0.25, 0.3) is 0 Å². The van der Waals surface area contributed by atoms with Gasteiger partial charge in [-0.3, -0.25) is 14.5 Å². The monoisotopic (exact) mass is 243 g/mol. The lowest BCUT2D eigenvalue weighted by Crippen LogP contribution is -2.39. The summed E-state index contributed by atoms with van der Waals surface area (Å²) in [5.41, 5.74) is 0. The van der Waals surface area contributed by atoms with Crippen molar-refractivity contribution in [1.29, 1.82) is 0 Å². The van der Waals surface area contributed by atoms with E-state index in [1.165, 1.54) is 17.1 Å². The first-order valence-corrected chi connectivity index (χ1v) is 7.27. The van der Waals surface area contributed by atoms with E-state index in [2.05, 4.69) is 0 Å². The number of hydrogen-bond donors (Lipinski definition) is 0. The van der Waals surface area contributed by atoms with Crippen molar-refractivity contribution in [1.82, 2.24) is 4.90 Å². The van der Waals surface area contributed by atoms with Gasteiger partial charge in [0, 0.05) is 31.5 Å². The Balaban J connectivity index is 2.36. The van der Waals surface area contributed by atoms with Crippen molar-refractivity contribution in [2.45, 2.75) is 19.8 Å². The van der Waals surface area contributed by atoms with E-state index < -0.39 is 9.52 Å². The summed E-state index contributed by atoms with van der Waals surface area (Å²) in [7, 11) is -0.790. The Morgan fingerprint density at radius 2 is 1.69 bits per heavy atom. The molecule has 0 saturated carbocycles. The molecular weight excluding hydrogens is 226 g/mol. The molecule has 0 aromatic rings. The number of carbonyl (C=O) groups excluding carboxylic acids is 2. The normalized spacial score (nSPS) is 16.3. The molecule has 0 bridgehead atoms. The lowest BCUT2D eigenvalue weighted by Gasteiger charge is -2.19. The third kappa shape index (κ3) is 3.55. The van der Waals surface area contributed by atoms with Crippen LogP contribution in [0, 0.1) is 0 Å². The Labute approximate surface area is 97.2 Å². The first-order chi connectivity index (χ1) is 7.69. The second kappa shape index (κ2) is 6.57. The summed E-state index contributed by atoms with van der Waals surface area (Å²) < 4.78 is 10.8. The molecule has 1 aliphatic rings. The number of carbonyl (C=O) groups is 2. The summed E-state index contributed by atoms with van der Waals surface area (Å²) in [5, 5.41) is 0. The third-order valence-corrected chi connectivity index (χ3v) is 3.84. The third-order valence-electron chi connectivity index (χ3n) is 2.19. The number of hydrogen-bond acceptors (Lipinski definition) is 4. The van der Waals surface area contributed by atoms with Gasteiger partial charge in [0.1, 0.15) is 15.4 Å². The summed E-state index contributed by atoms with van der Waals surface area (Å²) in [6, 6.07) is 0. The molecule has 1 heterocycles. The van der Waals surface area contributed by atoms with E-state index in [9.17, 15) is 9.59 Å². The average Bonchev–Trinajstić information content (AvgIpc) is 2.56. The van der Waals surface area contributed by atoms with Crippen LogP contribution >= 0.6 is 0 Å². The van der Waals surface area contributed by atoms with Crippen LogP contribution in [0.5, 0.6) is 0 Å². The van der Waals surface area contributed by atoms with E-state index in [1.54, 1.807) is 0 Å². The molecule has 5 nitrogen and oxygen atoms in total. The Morgan fingerprint density at radius 3 is 2.12 bits per heavy atom. The molecule has 0 atom stereocenters. The average molecular weight is 243 g/mol. The summed E-state index contributed by atoms with van der Waals surface area (Å²) in [5.74, 6) is -0.676. The molecule has 0 aromatic heterocycles. The minimum absolute atomic E-state index is 0.212. The zero-order chi connectivity index (χ0) is 12.0. The van der Waals surface area contributed by atoms with Gasteiger partial charge in [-0.25, -0.2) is 0 Å². The minimum Gasteiger partial charge on any atom is -0.357 e. The van der Waals surface area contributed by atoms with E-state index in [4.69, 9.17) is 9.47 Å². The van der Waals surface area contributed by atoms with Gasteiger partial charge in [-0.15, -0.1) is 0 Å². The maximum absolute atomic E-state index is 11.3. The van der Waals surface area contributed by atoms with Crippen molar-refractivity contribution in [3.63, 3.8) is 0 Å². The van der Waals surface area contributed by atoms with Gasteiger partial charge in [-0.1, -0.05) is 0 Å². The largest absolute Gasteiger partial charge is 0.357 e. The Hall–Kier alpha value is -0.983. The van der Waals surface area contributed by atoms with Crippen molar-refractivity contribution >= 4 is 21.3 Å². The van der Waals surface area contributed by atoms with Crippen LogP contribution in [-0.4, -0.2) is 51.5 Å². The number of ether oxygens (including phenoxy) is 2. The Bertz CT molecular complexity index is 269. The lowest BCUT2D eigenvalue weighted by molar-refractivity contribution is -0.135. The van der Waals surface area contributed by atoms with E-state index in [0.29, 0.717) is 19.4 Å². The summed E-state index contributed by atoms with van der Waals surface area (Å²) >= 11 is 0. The fourth-order valence-electron chi connectivity index (χ4n) is 1.47. The zero-order valence-corrected chi connectivity index (χ0v) is 11.1. The molecule has 0 aliphatic carbocycles. The molecule has 1 rings (SSSR count). The first kappa shape index (κ1) is 13.1. The zero-order valence-electron chi connectivity index (χ0n) is 9.64. The number of rotatable bonds is 7. The standard InChI is InChI=1S/C10H17NO4Si/c1-3-14-10(15-4-2)16-7-11-8(12)5-6-9(11)13/h5-6,10H,3-4,7,16H2,1-2H3. The van der Waals surface area contributed by atoms with Crippen molar-refractivity contribution in [2.75, 3.05) is 19.4 Å². The van der Waals surface area contributed by atoms with Gasteiger partial charge in [-0.2, -0.15) is 0 Å². The fraction of sp³-hybridized carbons (Fsp3) is 0.600. The molecule has 0 N–H and O–H groups in total. The highest BCUT2D eigenvalue weighted by Crippen LogP contribution is 2.03. The fourth-order valence-corrected chi connectivity index (χ4v) is 3.19. The number of nitrogens with zero attached hydrogens (tertiary/aromatic N) is 1. The summed E-state index contributed by atoms with van der Waals surface area (Å²) in [6.07, 6.45) is 3.07. The molecule has 0 unspecified atom stereocenters. The van der Waals surface area contributed by atoms with Crippen molar-refractivity contribution in [3.8, 4) is 0 Å². The van der Waals surface area contributed by atoms with Crippen molar-refractivity contribution < 1.29 is 19.1 Å². The van der Waals surface area contributed by atoms with E-state index in [1.807, 2.05) is 13.8 Å². The van der Waals surface area contributed by atoms with Crippen molar-refractivity contribution in [2.24, 2.45) is 0 Å². The first-order valence-electron chi connectivity index (χ1n) is 5.45. The molecule has 1 aliphatic heterocycles. The smallest absolute Gasteiger partial charge is 0.253 e. The van der Waals surface area contributed by atoms with Gasteiger partial charge in [0.05, 0.1) is 0 Å². The van der Waals surface area contributed by atoms with E-state index in [0.717, 1.165) is 0 Å². The molecule has 90 valence electrons. The summed E-state index contributed by atoms with van der Waals surface area (Å²) in [6.45, 7) is 4.96. The molecule has 0 spiro atoms. The van der Waals surface area contributed by atoms with Gasteiger partial charge < -0.3 is 9.47 Å². The van der Waals surface area contributed by atoms with Crippen LogP contribution in [0.1, 0.15) is 13.8 Å². The highest BCUT2D eigenvalue weighted by molar-refractivity contribution is 6.38. The second-order valence-corrected chi connectivity index (χ2v) is 4.98. The SMILES string of the molecule is CCOC(OCC)[SiH2]CN1C(=O)C=CC1=O. The molecule has 16 heavy (non-hydrogen) atoms. The lowest BCUT2D eigenvalue weighted by atomic mass is 10.6. The van der Waals surface area contributed by atoms with Crippen LogP contribution in [0.3, 0.4) is 0 Å². The van der Waals surface area contributed by atoms with E-state index in [-0.39, 0.29) is 17.7 Å². The summed E-state index contributed by atoms with van der Waals surface area (Å²) in [4.78, 5) is 23.8. The molecule has 0 fully saturated rings. The quantitative estimate of drug-likeness (QED) is 0.340. The predicted molar refractivity (Wildman–Crippen MR) is 61.4 cm³/mol. The number of imide groups is 1. The van der Waals surface area contributed by atoms with E-state index >= 15 is 0 Å². The Morgan fingerprint density at radius 1 is 1.19 bits per heavy atom.